The largest absolute Gasteiger partial charge is 0.508 e. The van der Waals surface area contributed by atoms with Crippen LogP contribution in [-0.2, 0) is 6.42 Å². The summed E-state index contributed by atoms with van der Waals surface area (Å²) in [7, 11) is 0. The number of hydrogen-bond donors (Lipinski definition) is 3. The van der Waals surface area contributed by atoms with Gasteiger partial charge in [0.05, 0.1) is 22.6 Å². The Morgan fingerprint density at radius 2 is 1.82 bits per heavy atom. The first kappa shape index (κ1) is 26.9. The van der Waals surface area contributed by atoms with Gasteiger partial charge < -0.3 is 19.7 Å². The Morgan fingerprint density at radius 1 is 1.10 bits per heavy atom. The van der Waals surface area contributed by atoms with Gasteiger partial charge in [0.2, 0.25) is 0 Å². The molecule has 0 spiro atoms. The van der Waals surface area contributed by atoms with E-state index in [2.05, 4.69) is 33.4 Å². The van der Waals surface area contributed by atoms with Crippen LogP contribution < -0.4 is 5.43 Å². The van der Waals surface area contributed by atoms with Crippen molar-refractivity contribution in [2.75, 3.05) is 0 Å². The molecule has 5 heteroatoms. The molecule has 3 aromatic rings. The van der Waals surface area contributed by atoms with Crippen molar-refractivity contribution in [3.05, 3.63) is 81.5 Å². The van der Waals surface area contributed by atoms with E-state index >= 15 is 0 Å². The summed E-state index contributed by atoms with van der Waals surface area (Å²) in [5.74, 6) is 0.624. The molecule has 0 radical (unpaired) electrons. The summed E-state index contributed by atoms with van der Waals surface area (Å²) >= 11 is 0. The Labute approximate surface area is 235 Å². The summed E-state index contributed by atoms with van der Waals surface area (Å²) in [4.78, 5) is 13.9. The van der Waals surface area contributed by atoms with Gasteiger partial charge in [-0.1, -0.05) is 57.6 Å². The van der Waals surface area contributed by atoms with E-state index in [0.29, 0.717) is 45.8 Å². The number of rotatable bonds is 3. The highest BCUT2D eigenvalue weighted by Gasteiger charge is 2.54. The molecular formula is C35H40O5. The van der Waals surface area contributed by atoms with Crippen LogP contribution >= 0.6 is 0 Å². The Hall–Kier alpha value is -3.31. The number of aliphatic hydroxyl groups excluding tert-OH is 1. The lowest BCUT2D eigenvalue weighted by Crippen LogP contribution is -2.52. The summed E-state index contributed by atoms with van der Waals surface area (Å²) in [6.45, 7) is 13.5. The van der Waals surface area contributed by atoms with Crippen LogP contribution in [0.25, 0.3) is 22.3 Å². The van der Waals surface area contributed by atoms with Crippen LogP contribution in [0.3, 0.4) is 0 Å². The molecule has 3 aliphatic rings. The molecule has 0 saturated heterocycles. The summed E-state index contributed by atoms with van der Waals surface area (Å²) in [5.41, 5.74) is 3.99. The van der Waals surface area contributed by atoms with Crippen molar-refractivity contribution in [3.8, 4) is 22.8 Å². The van der Waals surface area contributed by atoms with E-state index in [0.717, 1.165) is 30.4 Å². The van der Waals surface area contributed by atoms with Crippen molar-refractivity contribution in [1.82, 2.24) is 0 Å². The van der Waals surface area contributed by atoms with Crippen LogP contribution in [0.4, 0.5) is 0 Å². The van der Waals surface area contributed by atoms with Crippen LogP contribution in [0.2, 0.25) is 0 Å². The lowest BCUT2D eigenvalue weighted by Gasteiger charge is -2.59. The molecule has 0 aliphatic heterocycles. The maximum atomic E-state index is 13.9. The molecule has 5 nitrogen and oxygen atoms in total. The van der Waals surface area contributed by atoms with E-state index < -0.39 is 6.10 Å². The first-order valence-electron chi connectivity index (χ1n) is 14.6. The third kappa shape index (κ3) is 3.96. The Morgan fingerprint density at radius 3 is 2.60 bits per heavy atom. The zero-order valence-electron chi connectivity index (χ0n) is 24.0. The second-order valence-electron chi connectivity index (χ2n) is 13.3. The second-order valence-corrected chi connectivity index (χ2v) is 13.3. The smallest absolute Gasteiger partial charge is 0.197 e. The monoisotopic (exact) mass is 540 g/mol. The highest BCUT2D eigenvalue weighted by molar-refractivity contribution is 5.85. The van der Waals surface area contributed by atoms with Crippen molar-refractivity contribution >= 4 is 11.0 Å². The minimum absolute atomic E-state index is 0.0149. The van der Waals surface area contributed by atoms with Gasteiger partial charge in [-0.15, -0.1) is 0 Å². The second kappa shape index (κ2) is 9.37. The molecule has 0 bridgehead atoms. The molecule has 2 saturated carbocycles. The highest BCUT2D eigenvalue weighted by Crippen LogP contribution is 2.62. The van der Waals surface area contributed by atoms with Crippen LogP contribution in [0.1, 0.15) is 76.8 Å². The van der Waals surface area contributed by atoms with Crippen molar-refractivity contribution in [2.24, 2.45) is 22.7 Å². The normalized spacial score (nSPS) is 29.5. The van der Waals surface area contributed by atoms with Crippen molar-refractivity contribution in [1.29, 1.82) is 0 Å². The van der Waals surface area contributed by atoms with Crippen molar-refractivity contribution in [3.63, 3.8) is 0 Å². The molecular weight excluding hydrogens is 500 g/mol. The molecule has 3 aliphatic carbocycles. The van der Waals surface area contributed by atoms with E-state index in [4.69, 9.17) is 4.42 Å². The number of aromatic hydroxyl groups is 2. The minimum atomic E-state index is -0.505. The molecule has 2 aromatic carbocycles. The maximum absolute atomic E-state index is 13.9. The fraction of sp³-hybridized carbons (Fsp3) is 0.457. The highest BCUT2D eigenvalue weighted by atomic mass is 16.3. The van der Waals surface area contributed by atoms with Crippen LogP contribution in [-0.4, -0.2) is 21.4 Å². The van der Waals surface area contributed by atoms with Gasteiger partial charge in [0.1, 0.15) is 22.8 Å². The number of phenols is 2. The van der Waals surface area contributed by atoms with Gasteiger partial charge in [-0.25, -0.2) is 0 Å². The number of hydrogen-bond acceptors (Lipinski definition) is 5. The molecule has 1 aromatic heterocycles. The van der Waals surface area contributed by atoms with E-state index in [1.54, 1.807) is 12.1 Å². The number of aliphatic hydroxyl groups is 1. The third-order valence-electron chi connectivity index (χ3n) is 10.7. The fourth-order valence-corrected chi connectivity index (χ4v) is 8.51. The number of fused-ring (bicyclic) bond motifs is 5. The molecule has 40 heavy (non-hydrogen) atoms. The molecule has 1 heterocycles. The van der Waals surface area contributed by atoms with Gasteiger partial charge in [-0.2, -0.15) is 0 Å². The molecule has 3 unspecified atom stereocenters. The molecule has 2 fully saturated rings. The average Bonchev–Trinajstić information content (AvgIpc) is 2.91. The van der Waals surface area contributed by atoms with Crippen LogP contribution in [0.15, 0.2) is 69.4 Å². The Kier molecular flexibility index (Phi) is 6.30. The van der Waals surface area contributed by atoms with Gasteiger partial charge in [-0.3, -0.25) is 4.79 Å². The Bertz CT molecular complexity index is 1610. The van der Waals surface area contributed by atoms with Crippen LogP contribution in [0, 0.1) is 22.7 Å². The number of benzene rings is 2. The quantitative estimate of drug-likeness (QED) is 0.235. The van der Waals surface area contributed by atoms with E-state index in [1.165, 1.54) is 25.0 Å². The molecule has 6 rings (SSSR count). The van der Waals surface area contributed by atoms with E-state index in [-0.39, 0.29) is 39.6 Å². The zero-order chi connectivity index (χ0) is 28.6. The molecule has 210 valence electrons. The lowest BCUT2D eigenvalue weighted by atomic mass is 9.46. The standard InChI is InChI=1S/C35H40O5/c1-19(11-12-24-20(2)27(38)18-29-34(3,4)15-8-16-35(24,29)5)22-17-23-25(36)13-14-26(37)30(23)33-31(22)32(39)21-9-6-7-10-28(21)40-33/h6-7,9-11,13-14,22,24,27,29,36-38H,2,8,12,15-18H2,1,3-5H3/t22?,24?,27-,29?,35+/m0/s1. The van der Waals surface area contributed by atoms with Gasteiger partial charge in [0.15, 0.2) is 5.43 Å². The van der Waals surface area contributed by atoms with Crippen molar-refractivity contribution in [2.45, 2.75) is 78.2 Å². The number of para-hydroxylation sites is 1. The van der Waals surface area contributed by atoms with Gasteiger partial charge >= 0.3 is 0 Å². The summed E-state index contributed by atoms with van der Waals surface area (Å²) in [5, 5.41) is 33.2. The predicted octanol–water partition coefficient (Wildman–Crippen LogP) is 7.62. The van der Waals surface area contributed by atoms with E-state index in [1.807, 2.05) is 19.1 Å². The first-order chi connectivity index (χ1) is 18.9. The number of allylic oxidation sites excluding steroid dienone is 2. The molecule has 0 amide bonds. The zero-order valence-corrected chi connectivity index (χ0v) is 24.0. The minimum Gasteiger partial charge on any atom is -0.508 e. The SMILES string of the molecule is C=C1C(CC=C(C)C2Cc3c(O)ccc(O)c3-c3oc4ccccc4c(=O)c32)[C@@]2(C)CCCC(C)(C)C2C[C@@H]1O. The third-order valence-corrected chi connectivity index (χ3v) is 10.7. The molecule has 5 atom stereocenters. The Balaban J connectivity index is 1.45. The summed E-state index contributed by atoms with van der Waals surface area (Å²) in [6.07, 6.45) is 7.06. The van der Waals surface area contributed by atoms with Gasteiger partial charge in [0, 0.05) is 11.5 Å². The number of phenolic OH excluding ortho intramolecular Hbond substituents is 2. The summed E-state index contributed by atoms with van der Waals surface area (Å²) in [6, 6.07) is 10.1. The van der Waals surface area contributed by atoms with E-state index in [9.17, 15) is 20.1 Å². The summed E-state index contributed by atoms with van der Waals surface area (Å²) < 4.78 is 6.30. The van der Waals surface area contributed by atoms with Crippen LogP contribution in [0.5, 0.6) is 11.5 Å². The fourth-order valence-electron chi connectivity index (χ4n) is 8.51. The topological polar surface area (TPSA) is 90.9 Å². The van der Waals surface area contributed by atoms with Crippen molar-refractivity contribution < 1.29 is 19.7 Å². The predicted molar refractivity (Wildman–Crippen MR) is 159 cm³/mol. The van der Waals surface area contributed by atoms with Gasteiger partial charge in [0.25, 0.3) is 0 Å². The van der Waals surface area contributed by atoms with Gasteiger partial charge in [-0.05, 0) is 91.5 Å². The average molecular weight is 541 g/mol. The molecule has 3 N–H and O–H groups in total. The maximum Gasteiger partial charge on any atom is 0.197 e. The first-order valence-corrected chi connectivity index (χ1v) is 14.6. The lowest BCUT2D eigenvalue weighted by molar-refractivity contribution is -0.0809.